The fourth-order valence-electron chi connectivity index (χ4n) is 3.44. The summed E-state index contributed by atoms with van der Waals surface area (Å²) in [5.41, 5.74) is 4.55. The smallest absolute Gasteiger partial charge is 0.0233 e. The van der Waals surface area contributed by atoms with E-state index in [2.05, 4.69) is 42.3 Å². The van der Waals surface area contributed by atoms with Crippen molar-refractivity contribution in [3.63, 3.8) is 0 Å². The van der Waals surface area contributed by atoms with Gasteiger partial charge in [-0.15, -0.1) is 0 Å². The molecule has 104 valence electrons. The normalized spacial score (nSPS) is 23.8. The van der Waals surface area contributed by atoms with Gasteiger partial charge in [0.2, 0.25) is 0 Å². The second kappa shape index (κ2) is 5.64. The first-order chi connectivity index (χ1) is 9.22. The van der Waals surface area contributed by atoms with E-state index in [1.54, 1.807) is 5.56 Å². The molecule has 2 aliphatic heterocycles. The maximum Gasteiger partial charge on any atom is 0.0233 e. The molecule has 1 aromatic carbocycles. The van der Waals surface area contributed by atoms with Gasteiger partial charge in [0.15, 0.2) is 0 Å². The summed E-state index contributed by atoms with van der Waals surface area (Å²) in [6.45, 7) is 10.6. The van der Waals surface area contributed by atoms with Crippen molar-refractivity contribution in [1.82, 2.24) is 10.2 Å². The second-order valence-corrected chi connectivity index (χ2v) is 6.56. The van der Waals surface area contributed by atoms with Crippen molar-refractivity contribution in [2.75, 3.05) is 19.6 Å². The average molecular weight is 258 g/mol. The highest BCUT2D eigenvalue weighted by molar-refractivity contribution is 5.33. The van der Waals surface area contributed by atoms with Crippen LogP contribution in [0.4, 0.5) is 0 Å². The maximum atomic E-state index is 3.47. The van der Waals surface area contributed by atoms with Gasteiger partial charge >= 0.3 is 0 Å². The van der Waals surface area contributed by atoms with E-state index >= 15 is 0 Å². The Labute approximate surface area is 117 Å². The summed E-state index contributed by atoms with van der Waals surface area (Å²) in [6.07, 6.45) is 2.57. The molecule has 0 spiro atoms. The average Bonchev–Trinajstić information content (AvgIpc) is 2.87. The van der Waals surface area contributed by atoms with Crippen LogP contribution >= 0.6 is 0 Å². The molecule has 1 unspecified atom stereocenters. The van der Waals surface area contributed by atoms with Crippen LogP contribution in [-0.4, -0.2) is 24.5 Å². The number of likely N-dealkylation sites (tertiary alicyclic amines) is 1. The highest BCUT2D eigenvalue weighted by atomic mass is 15.1. The molecule has 0 amide bonds. The van der Waals surface area contributed by atoms with Gasteiger partial charge in [0, 0.05) is 19.6 Å². The third-order valence-electron chi connectivity index (χ3n) is 4.82. The predicted molar refractivity (Wildman–Crippen MR) is 80.1 cm³/mol. The standard InChI is InChI=1S/C17H26N2/c1-13(2)16-6-8-19(12-16)11-14-3-4-15-5-7-18-10-17(15)9-14/h3-4,9,13,16,18H,5-8,10-12H2,1-2H3. The first-order valence-electron chi connectivity index (χ1n) is 7.76. The van der Waals surface area contributed by atoms with Crippen molar-refractivity contribution in [3.8, 4) is 0 Å². The second-order valence-electron chi connectivity index (χ2n) is 6.56. The number of hydrogen-bond acceptors (Lipinski definition) is 2. The molecular weight excluding hydrogens is 232 g/mol. The number of benzene rings is 1. The maximum absolute atomic E-state index is 3.47. The topological polar surface area (TPSA) is 15.3 Å². The fourth-order valence-corrected chi connectivity index (χ4v) is 3.44. The molecule has 1 aromatic rings. The molecule has 19 heavy (non-hydrogen) atoms. The lowest BCUT2D eigenvalue weighted by atomic mass is 9.95. The summed E-state index contributed by atoms with van der Waals surface area (Å²) in [5, 5.41) is 3.47. The Kier molecular flexibility index (Phi) is 3.90. The molecule has 2 aliphatic rings. The number of rotatable bonds is 3. The van der Waals surface area contributed by atoms with Crippen LogP contribution in [0, 0.1) is 11.8 Å². The van der Waals surface area contributed by atoms with Crippen molar-refractivity contribution in [1.29, 1.82) is 0 Å². The summed E-state index contributed by atoms with van der Waals surface area (Å²) in [4.78, 5) is 2.63. The third kappa shape index (κ3) is 3.01. The van der Waals surface area contributed by atoms with E-state index in [1.165, 1.54) is 37.1 Å². The zero-order chi connectivity index (χ0) is 13.2. The summed E-state index contributed by atoms with van der Waals surface area (Å²) >= 11 is 0. The largest absolute Gasteiger partial charge is 0.312 e. The Morgan fingerprint density at radius 2 is 2.21 bits per heavy atom. The van der Waals surface area contributed by atoms with E-state index in [1.807, 2.05) is 0 Å². The summed E-state index contributed by atoms with van der Waals surface area (Å²) in [6, 6.07) is 7.11. The van der Waals surface area contributed by atoms with E-state index in [0.29, 0.717) is 0 Å². The third-order valence-corrected chi connectivity index (χ3v) is 4.82. The highest BCUT2D eigenvalue weighted by Crippen LogP contribution is 2.25. The van der Waals surface area contributed by atoms with Gasteiger partial charge in [-0.3, -0.25) is 4.90 Å². The van der Waals surface area contributed by atoms with E-state index in [9.17, 15) is 0 Å². The summed E-state index contributed by atoms with van der Waals surface area (Å²) < 4.78 is 0. The van der Waals surface area contributed by atoms with Crippen LogP contribution in [0.25, 0.3) is 0 Å². The minimum atomic E-state index is 0.831. The fraction of sp³-hybridized carbons (Fsp3) is 0.647. The van der Waals surface area contributed by atoms with Crippen molar-refractivity contribution in [2.24, 2.45) is 11.8 Å². The molecule has 0 aliphatic carbocycles. The van der Waals surface area contributed by atoms with Gasteiger partial charge in [0.05, 0.1) is 0 Å². The highest BCUT2D eigenvalue weighted by Gasteiger charge is 2.24. The molecule has 1 N–H and O–H groups in total. The minimum absolute atomic E-state index is 0.831. The SMILES string of the molecule is CC(C)C1CCN(Cc2ccc3c(c2)CNCC3)C1. The van der Waals surface area contributed by atoms with Crippen LogP contribution in [0.2, 0.25) is 0 Å². The number of nitrogens with one attached hydrogen (secondary N) is 1. The quantitative estimate of drug-likeness (QED) is 0.897. The van der Waals surface area contributed by atoms with Crippen LogP contribution in [0.15, 0.2) is 18.2 Å². The summed E-state index contributed by atoms with van der Waals surface area (Å²) in [7, 11) is 0. The predicted octanol–water partition coefficient (Wildman–Crippen LogP) is 2.81. The molecule has 1 saturated heterocycles. The van der Waals surface area contributed by atoms with E-state index in [4.69, 9.17) is 0 Å². The Balaban J connectivity index is 1.64. The van der Waals surface area contributed by atoms with Crippen LogP contribution in [0.3, 0.4) is 0 Å². The molecule has 3 rings (SSSR count). The van der Waals surface area contributed by atoms with Crippen molar-refractivity contribution >= 4 is 0 Å². The molecule has 0 bridgehead atoms. The van der Waals surface area contributed by atoms with Crippen molar-refractivity contribution < 1.29 is 0 Å². The van der Waals surface area contributed by atoms with Gasteiger partial charge in [-0.05, 0) is 54.5 Å². The molecule has 1 atom stereocenters. The zero-order valence-corrected chi connectivity index (χ0v) is 12.3. The van der Waals surface area contributed by atoms with E-state index in [0.717, 1.165) is 31.5 Å². The molecule has 0 saturated carbocycles. The summed E-state index contributed by atoms with van der Waals surface area (Å²) in [5.74, 6) is 1.73. The first-order valence-corrected chi connectivity index (χ1v) is 7.76. The van der Waals surface area contributed by atoms with Gasteiger partial charge in [0.25, 0.3) is 0 Å². The Bertz CT molecular complexity index is 439. The molecule has 2 nitrogen and oxygen atoms in total. The number of fused-ring (bicyclic) bond motifs is 1. The van der Waals surface area contributed by atoms with Gasteiger partial charge in [-0.1, -0.05) is 32.0 Å². The van der Waals surface area contributed by atoms with Crippen molar-refractivity contribution in [2.45, 2.75) is 39.8 Å². The van der Waals surface area contributed by atoms with E-state index in [-0.39, 0.29) is 0 Å². The van der Waals surface area contributed by atoms with Crippen LogP contribution in [-0.2, 0) is 19.5 Å². The molecular formula is C17H26N2. The van der Waals surface area contributed by atoms with Crippen molar-refractivity contribution in [3.05, 3.63) is 34.9 Å². The first kappa shape index (κ1) is 13.1. The number of hydrogen-bond donors (Lipinski definition) is 1. The van der Waals surface area contributed by atoms with Gasteiger partial charge in [-0.2, -0.15) is 0 Å². The molecule has 0 radical (unpaired) electrons. The van der Waals surface area contributed by atoms with E-state index < -0.39 is 0 Å². The lowest BCUT2D eigenvalue weighted by molar-refractivity contribution is 0.296. The zero-order valence-electron chi connectivity index (χ0n) is 12.3. The Morgan fingerprint density at radius 3 is 3.00 bits per heavy atom. The molecule has 2 heteroatoms. The van der Waals surface area contributed by atoms with Crippen LogP contribution in [0.1, 0.15) is 37.0 Å². The van der Waals surface area contributed by atoms with Crippen LogP contribution in [0.5, 0.6) is 0 Å². The van der Waals surface area contributed by atoms with Crippen LogP contribution < -0.4 is 5.32 Å². The Morgan fingerprint density at radius 1 is 1.32 bits per heavy atom. The van der Waals surface area contributed by atoms with Gasteiger partial charge < -0.3 is 5.32 Å². The Hall–Kier alpha value is -0.860. The van der Waals surface area contributed by atoms with Gasteiger partial charge in [0.1, 0.15) is 0 Å². The lowest BCUT2D eigenvalue weighted by Gasteiger charge is -2.21. The minimum Gasteiger partial charge on any atom is -0.312 e. The van der Waals surface area contributed by atoms with Gasteiger partial charge in [-0.25, -0.2) is 0 Å². The monoisotopic (exact) mass is 258 g/mol. The molecule has 2 heterocycles. The number of nitrogens with zero attached hydrogens (tertiary/aromatic N) is 1. The molecule has 1 fully saturated rings. The lowest BCUT2D eigenvalue weighted by Crippen LogP contribution is -2.25. The molecule has 0 aromatic heterocycles.